The molecule has 9 nitrogen and oxygen atoms in total. The summed E-state index contributed by atoms with van der Waals surface area (Å²) in [4.78, 5) is 40.5. The fourth-order valence-electron chi connectivity index (χ4n) is 3.51. The summed E-state index contributed by atoms with van der Waals surface area (Å²) in [6.07, 6.45) is 0.581. The van der Waals surface area contributed by atoms with Gasteiger partial charge in [0, 0.05) is 18.7 Å². The Morgan fingerprint density at radius 3 is 2.15 bits per heavy atom. The van der Waals surface area contributed by atoms with Gasteiger partial charge in [-0.3, -0.25) is 9.59 Å². The molecule has 3 N–H and O–H groups in total. The van der Waals surface area contributed by atoms with E-state index in [4.69, 9.17) is 15.6 Å². The molecule has 0 fully saturated rings. The highest BCUT2D eigenvalue weighted by Gasteiger charge is 2.29. The Balaban J connectivity index is 0.000000440. The number of primary amides is 1. The van der Waals surface area contributed by atoms with Crippen LogP contribution in [-0.2, 0) is 22.6 Å². The maximum atomic E-state index is 12.5. The van der Waals surface area contributed by atoms with Crippen molar-refractivity contribution in [2.24, 2.45) is 11.1 Å². The number of aromatic nitrogens is 2. The molecule has 0 saturated carbocycles. The maximum Gasteiger partial charge on any atom is 0.410 e. The number of hydrogen-bond acceptors (Lipinski definition) is 5. The number of ether oxygens (including phenoxy) is 1. The standard InChI is InChI=1S/C19H24N4O3.C6H12O2/c1-19(2,3)26-18(25)22-10-7-11-23-14(12-22)15(16(20)24)21-17(23)13-8-5-4-6-9-13;1-6(2,3)4-5(7)8/h4-6,8-9H,7,10-12H2,1-3H3,(H2,20,24);4H2,1-3H3,(H,7,8). The summed E-state index contributed by atoms with van der Waals surface area (Å²) in [5.74, 6) is -0.625. The van der Waals surface area contributed by atoms with Crippen molar-refractivity contribution in [1.82, 2.24) is 14.5 Å². The van der Waals surface area contributed by atoms with Gasteiger partial charge in [0.25, 0.3) is 5.91 Å². The van der Waals surface area contributed by atoms with Gasteiger partial charge in [0.15, 0.2) is 5.69 Å². The van der Waals surface area contributed by atoms with E-state index in [0.717, 1.165) is 12.0 Å². The number of amides is 2. The van der Waals surface area contributed by atoms with Crippen LogP contribution in [0.15, 0.2) is 30.3 Å². The highest BCUT2D eigenvalue weighted by atomic mass is 16.6. The number of rotatable bonds is 3. The van der Waals surface area contributed by atoms with Crippen LogP contribution in [0.4, 0.5) is 4.79 Å². The van der Waals surface area contributed by atoms with Crippen molar-refractivity contribution in [2.75, 3.05) is 6.54 Å². The lowest BCUT2D eigenvalue weighted by atomic mass is 9.93. The van der Waals surface area contributed by atoms with Crippen LogP contribution < -0.4 is 5.73 Å². The Hall–Kier alpha value is -3.36. The molecule has 1 aliphatic rings. The third-order valence-electron chi connectivity index (χ3n) is 4.82. The molecule has 0 radical (unpaired) electrons. The van der Waals surface area contributed by atoms with Crippen LogP contribution in [0.2, 0.25) is 0 Å². The fourth-order valence-corrected chi connectivity index (χ4v) is 3.51. The lowest BCUT2D eigenvalue weighted by Crippen LogP contribution is -2.37. The first-order valence-electron chi connectivity index (χ1n) is 11.3. The zero-order valence-electron chi connectivity index (χ0n) is 20.9. The number of carboxylic acids is 1. The van der Waals surface area contributed by atoms with Gasteiger partial charge in [-0.05, 0) is 32.6 Å². The third kappa shape index (κ3) is 7.90. The minimum absolute atomic E-state index is 0.0775. The van der Waals surface area contributed by atoms with E-state index in [1.807, 2.05) is 76.4 Å². The van der Waals surface area contributed by atoms with Crippen molar-refractivity contribution in [3.8, 4) is 11.4 Å². The Morgan fingerprint density at radius 1 is 1.06 bits per heavy atom. The van der Waals surface area contributed by atoms with Crippen LogP contribution >= 0.6 is 0 Å². The van der Waals surface area contributed by atoms with Gasteiger partial charge in [0.05, 0.1) is 18.7 Å². The van der Waals surface area contributed by atoms with E-state index in [1.165, 1.54) is 0 Å². The summed E-state index contributed by atoms with van der Waals surface area (Å²) in [6, 6.07) is 9.65. The predicted octanol–water partition coefficient (Wildman–Crippen LogP) is 4.30. The van der Waals surface area contributed by atoms with Gasteiger partial charge in [0.1, 0.15) is 11.4 Å². The topological polar surface area (TPSA) is 128 Å². The van der Waals surface area contributed by atoms with Crippen LogP contribution in [0, 0.1) is 5.41 Å². The van der Waals surface area contributed by atoms with Crippen molar-refractivity contribution in [2.45, 2.75) is 73.1 Å². The van der Waals surface area contributed by atoms with E-state index in [-0.39, 0.29) is 24.1 Å². The zero-order chi connectivity index (χ0) is 25.7. The molecule has 2 aromatic rings. The monoisotopic (exact) mass is 472 g/mol. The van der Waals surface area contributed by atoms with Crippen molar-refractivity contribution in [1.29, 1.82) is 0 Å². The molecule has 2 amide bonds. The van der Waals surface area contributed by atoms with Gasteiger partial charge in [-0.2, -0.15) is 0 Å². The molecule has 9 heteroatoms. The van der Waals surface area contributed by atoms with Crippen molar-refractivity contribution in [3.05, 3.63) is 41.7 Å². The normalized spacial score (nSPS) is 13.8. The number of imidazole rings is 1. The molecular formula is C25H36N4O5. The van der Waals surface area contributed by atoms with Crippen LogP contribution in [0.5, 0.6) is 0 Å². The second-order valence-electron chi connectivity index (χ2n) is 10.5. The minimum atomic E-state index is -0.725. The molecule has 186 valence electrons. The summed E-state index contributed by atoms with van der Waals surface area (Å²) in [7, 11) is 0. The number of nitrogens with two attached hydrogens (primary N) is 1. The van der Waals surface area contributed by atoms with E-state index in [0.29, 0.717) is 24.6 Å². The van der Waals surface area contributed by atoms with Gasteiger partial charge in [-0.25, -0.2) is 9.78 Å². The number of nitrogens with zero attached hydrogens (tertiary/aromatic N) is 3. The van der Waals surface area contributed by atoms with Crippen molar-refractivity contribution < 1.29 is 24.2 Å². The van der Waals surface area contributed by atoms with Crippen LogP contribution in [0.3, 0.4) is 0 Å². The third-order valence-corrected chi connectivity index (χ3v) is 4.82. The summed E-state index contributed by atoms with van der Waals surface area (Å²) in [5.41, 5.74) is 6.67. The molecule has 1 aromatic carbocycles. The average Bonchev–Trinajstić information content (AvgIpc) is 2.89. The molecule has 3 rings (SSSR count). The van der Waals surface area contributed by atoms with Gasteiger partial charge in [0.2, 0.25) is 0 Å². The molecule has 34 heavy (non-hydrogen) atoms. The minimum Gasteiger partial charge on any atom is -0.481 e. The highest BCUT2D eigenvalue weighted by Crippen LogP contribution is 2.27. The van der Waals surface area contributed by atoms with E-state index in [2.05, 4.69) is 4.98 Å². The molecule has 2 heterocycles. The molecular weight excluding hydrogens is 436 g/mol. The number of carbonyl (C=O) groups excluding carboxylic acids is 2. The smallest absolute Gasteiger partial charge is 0.410 e. The van der Waals surface area contributed by atoms with Gasteiger partial charge < -0.3 is 25.0 Å². The zero-order valence-corrected chi connectivity index (χ0v) is 20.9. The highest BCUT2D eigenvalue weighted by molar-refractivity contribution is 5.93. The largest absolute Gasteiger partial charge is 0.481 e. The van der Waals surface area contributed by atoms with Gasteiger partial charge in [-0.1, -0.05) is 51.1 Å². The number of fused-ring (bicyclic) bond motifs is 1. The lowest BCUT2D eigenvalue weighted by Gasteiger charge is -2.26. The molecule has 0 saturated heterocycles. The van der Waals surface area contributed by atoms with Gasteiger partial charge in [-0.15, -0.1) is 0 Å². The first kappa shape index (κ1) is 26.9. The van der Waals surface area contributed by atoms with E-state index >= 15 is 0 Å². The number of benzene rings is 1. The number of carboxylic acid groups (broad SMARTS) is 1. The first-order chi connectivity index (χ1) is 15.7. The summed E-state index contributed by atoms with van der Waals surface area (Å²) in [5, 5.41) is 8.25. The number of carbonyl (C=O) groups is 3. The van der Waals surface area contributed by atoms with E-state index < -0.39 is 23.6 Å². The summed E-state index contributed by atoms with van der Waals surface area (Å²) < 4.78 is 7.47. The molecule has 1 aliphatic heterocycles. The van der Waals surface area contributed by atoms with Crippen molar-refractivity contribution in [3.63, 3.8) is 0 Å². The lowest BCUT2D eigenvalue weighted by molar-refractivity contribution is -0.139. The van der Waals surface area contributed by atoms with E-state index in [1.54, 1.807) is 4.90 Å². The molecule has 1 aromatic heterocycles. The van der Waals surface area contributed by atoms with Crippen molar-refractivity contribution >= 4 is 18.0 Å². The number of hydrogen-bond donors (Lipinski definition) is 2. The molecule has 0 spiro atoms. The number of aliphatic carboxylic acids is 1. The maximum absolute atomic E-state index is 12.5. The summed E-state index contributed by atoms with van der Waals surface area (Å²) in [6.45, 7) is 12.6. The Morgan fingerprint density at radius 2 is 1.68 bits per heavy atom. The Bertz CT molecular complexity index is 1020. The Labute approximate surface area is 200 Å². The molecule has 0 aliphatic carbocycles. The fraction of sp³-hybridized carbons (Fsp3) is 0.520. The molecule has 0 unspecified atom stereocenters. The van der Waals surface area contributed by atoms with Crippen LogP contribution in [0.1, 0.15) is 70.6 Å². The van der Waals surface area contributed by atoms with E-state index in [9.17, 15) is 14.4 Å². The Kier molecular flexibility index (Phi) is 8.47. The molecule has 0 atom stereocenters. The van der Waals surface area contributed by atoms with Crippen LogP contribution in [-0.4, -0.2) is 49.7 Å². The molecule has 0 bridgehead atoms. The average molecular weight is 473 g/mol. The summed E-state index contributed by atoms with van der Waals surface area (Å²) >= 11 is 0. The SMILES string of the molecule is CC(C)(C)CC(=O)O.CC(C)(C)OC(=O)N1CCCn2c(-c3ccccc3)nc(C(N)=O)c2C1. The second kappa shape index (κ2) is 10.7. The first-order valence-corrected chi connectivity index (χ1v) is 11.3. The van der Waals surface area contributed by atoms with Gasteiger partial charge >= 0.3 is 12.1 Å². The second-order valence-corrected chi connectivity index (χ2v) is 10.5. The quantitative estimate of drug-likeness (QED) is 0.686. The van der Waals surface area contributed by atoms with Crippen LogP contribution in [0.25, 0.3) is 11.4 Å². The predicted molar refractivity (Wildman–Crippen MR) is 129 cm³/mol.